The number of nitrogens with zero attached hydrogens (tertiary/aromatic N) is 1. The molecule has 15 heavy (non-hydrogen) atoms. The van der Waals surface area contributed by atoms with Gasteiger partial charge in [-0.15, -0.1) is 0 Å². The Balaban J connectivity index is 2.47. The van der Waals surface area contributed by atoms with Crippen molar-refractivity contribution in [1.29, 1.82) is 0 Å². The summed E-state index contributed by atoms with van der Waals surface area (Å²) in [7, 11) is 0. The van der Waals surface area contributed by atoms with E-state index in [1.54, 1.807) is 0 Å². The van der Waals surface area contributed by atoms with Gasteiger partial charge in [0.05, 0.1) is 18.3 Å². The minimum Gasteiger partial charge on any atom is -0.377 e. The van der Waals surface area contributed by atoms with Gasteiger partial charge in [-0.1, -0.05) is 0 Å². The molecule has 0 spiro atoms. The van der Waals surface area contributed by atoms with Gasteiger partial charge in [-0.2, -0.15) is 13.2 Å². The summed E-state index contributed by atoms with van der Waals surface area (Å²) < 4.78 is 43.3. The van der Waals surface area contributed by atoms with Crippen molar-refractivity contribution in [2.75, 3.05) is 6.61 Å². The van der Waals surface area contributed by atoms with Gasteiger partial charge in [0.15, 0.2) is 0 Å². The lowest BCUT2D eigenvalue weighted by Crippen LogP contribution is -2.09. The molecule has 5 heteroatoms. The summed E-state index contributed by atoms with van der Waals surface area (Å²) in [6, 6.07) is 1.06. The molecule has 1 aromatic heterocycles. The smallest absolute Gasteiger partial charge is 0.377 e. The van der Waals surface area contributed by atoms with E-state index >= 15 is 0 Å². The minimum atomic E-state index is -4.26. The Morgan fingerprint density at radius 1 is 1.40 bits per heavy atom. The molecule has 0 bridgehead atoms. The van der Waals surface area contributed by atoms with E-state index in [2.05, 4.69) is 0 Å². The number of aromatic nitrogens is 1. The van der Waals surface area contributed by atoms with Crippen LogP contribution in [0.4, 0.5) is 13.2 Å². The highest BCUT2D eigenvalue weighted by molar-refractivity contribution is 5.13. The van der Waals surface area contributed by atoms with Crippen molar-refractivity contribution in [3.05, 3.63) is 24.0 Å². The molecule has 0 saturated heterocycles. The summed E-state index contributed by atoms with van der Waals surface area (Å²) in [6.45, 7) is 4.63. The van der Waals surface area contributed by atoms with E-state index in [0.29, 0.717) is 13.2 Å². The second-order valence-corrected chi connectivity index (χ2v) is 3.56. The fourth-order valence-electron chi connectivity index (χ4n) is 1.14. The van der Waals surface area contributed by atoms with E-state index in [9.17, 15) is 13.2 Å². The van der Waals surface area contributed by atoms with E-state index in [-0.39, 0.29) is 6.10 Å². The Hall–Kier alpha value is -0.970. The van der Waals surface area contributed by atoms with Gasteiger partial charge >= 0.3 is 6.18 Å². The van der Waals surface area contributed by atoms with Gasteiger partial charge in [-0.25, -0.2) is 0 Å². The molecule has 0 radical (unpaired) electrons. The summed E-state index contributed by atoms with van der Waals surface area (Å²) in [6.07, 6.45) is -1.66. The van der Waals surface area contributed by atoms with Gasteiger partial charge in [0.1, 0.15) is 0 Å². The number of ether oxygens (including phenoxy) is 1. The number of hydrogen-bond acceptors (Lipinski definition) is 1. The third-order valence-electron chi connectivity index (χ3n) is 1.88. The van der Waals surface area contributed by atoms with Crippen molar-refractivity contribution in [2.45, 2.75) is 32.7 Å². The molecule has 0 aliphatic rings. The maximum atomic E-state index is 12.2. The van der Waals surface area contributed by atoms with Crippen LogP contribution in [-0.2, 0) is 17.5 Å². The molecule has 0 N–H and O–H groups in total. The fourth-order valence-corrected chi connectivity index (χ4v) is 1.14. The lowest BCUT2D eigenvalue weighted by molar-refractivity contribution is -0.137. The SMILES string of the molecule is CC(C)OCCn1ccc(C(F)(F)F)c1. The fraction of sp³-hybridized carbons (Fsp3) is 0.600. The third kappa shape index (κ3) is 3.95. The number of alkyl halides is 3. The first-order valence-electron chi connectivity index (χ1n) is 4.74. The van der Waals surface area contributed by atoms with Crippen LogP contribution in [0.1, 0.15) is 19.4 Å². The highest BCUT2D eigenvalue weighted by Crippen LogP contribution is 2.29. The summed E-state index contributed by atoms with van der Waals surface area (Å²) in [4.78, 5) is 0. The summed E-state index contributed by atoms with van der Waals surface area (Å²) in [5.41, 5.74) is -0.618. The topological polar surface area (TPSA) is 14.2 Å². The first-order chi connectivity index (χ1) is 6.89. The Morgan fingerprint density at radius 2 is 2.07 bits per heavy atom. The zero-order valence-corrected chi connectivity index (χ0v) is 8.71. The minimum absolute atomic E-state index is 0.0997. The third-order valence-corrected chi connectivity index (χ3v) is 1.88. The Bertz CT molecular complexity index is 304. The van der Waals surface area contributed by atoms with E-state index in [4.69, 9.17) is 4.74 Å². The van der Waals surface area contributed by atoms with E-state index < -0.39 is 11.7 Å². The van der Waals surface area contributed by atoms with E-state index in [1.165, 1.54) is 10.8 Å². The average molecular weight is 221 g/mol. The molecule has 2 nitrogen and oxygen atoms in total. The van der Waals surface area contributed by atoms with Gasteiger partial charge in [0, 0.05) is 18.9 Å². The quantitative estimate of drug-likeness (QED) is 0.762. The zero-order chi connectivity index (χ0) is 11.5. The van der Waals surface area contributed by atoms with Gasteiger partial charge < -0.3 is 9.30 Å². The van der Waals surface area contributed by atoms with Gasteiger partial charge in [-0.3, -0.25) is 0 Å². The van der Waals surface area contributed by atoms with Crippen LogP contribution >= 0.6 is 0 Å². The van der Waals surface area contributed by atoms with Crippen LogP contribution in [-0.4, -0.2) is 17.3 Å². The van der Waals surface area contributed by atoms with Crippen LogP contribution in [0, 0.1) is 0 Å². The monoisotopic (exact) mass is 221 g/mol. The summed E-state index contributed by atoms with van der Waals surface area (Å²) >= 11 is 0. The molecule has 0 aliphatic carbocycles. The second kappa shape index (κ2) is 4.70. The molecule has 0 atom stereocenters. The van der Waals surface area contributed by atoms with Crippen LogP contribution in [0.15, 0.2) is 18.5 Å². The van der Waals surface area contributed by atoms with Crippen LogP contribution in [0.25, 0.3) is 0 Å². The van der Waals surface area contributed by atoms with Crippen molar-refractivity contribution < 1.29 is 17.9 Å². The van der Waals surface area contributed by atoms with Gasteiger partial charge in [0.2, 0.25) is 0 Å². The zero-order valence-electron chi connectivity index (χ0n) is 8.71. The number of hydrogen-bond donors (Lipinski definition) is 0. The molecule has 0 unspecified atom stereocenters. The van der Waals surface area contributed by atoms with E-state index in [1.807, 2.05) is 13.8 Å². The molecule has 0 aliphatic heterocycles. The van der Waals surface area contributed by atoms with Gasteiger partial charge in [-0.05, 0) is 19.9 Å². The lowest BCUT2D eigenvalue weighted by atomic mass is 10.3. The Kier molecular flexibility index (Phi) is 3.79. The molecule has 1 aromatic rings. The molecule has 86 valence electrons. The molecule has 0 amide bonds. The van der Waals surface area contributed by atoms with Crippen LogP contribution in [0.5, 0.6) is 0 Å². The molecule has 0 saturated carbocycles. The van der Waals surface area contributed by atoms with Crippen molar-refractivity contribution in [2.24, 2.45) is 0 Å². The van der Waals surface area contributed by atoms with Crippen molar-refractivity contribution >= 4 is 0 Å². The Morgan fingerprint density at radius 3 is 2.53 bits per heavy atom. The van der Waals surface area contributed by atoms with Crippen LogP contribution in [0.3, 0.4) is 0 Å². The van der Waals surface area contributed by atoms with Crippen LogP contribution < -0.4 is 0 Å². The normalized spacial score (nSPS) is 12.4. The molecule has 0 fully saturated rings. The maximum Gasteiger partial charge on any atom is 0.417 e. The highest BCUT2D eigenvalue weighted by Gasteiger charge is 2.31. The first kappa shape index (κ1) is 12.1. The van der Waals surface area contributed by atoms with Crippen LogP contribution in [0.2, 0.25) is 0 Å². The standard InChI is InChI=1S/C10H14F3NO/c1-8(2)15-6-5-14-4-3-9(7-14)10(11,12)13/h3-4,7-8H,5-6H2,1-2H3. The van der Waals surface area contributed by atoms with E-state index in [0.717, 1.165) is 12.3 Å². The molecular formula is C10H14F3NO. The number of rotatable bonds is 4. The first-order valence-corrected chi connectivity index (χ1v) is 4.74. The maximum absolute atomic E-state index is 12.2. The van der Waals surface area contributed by atoms with Gasteiger partial charge in [0.25, 0.3) is 0 Å². The number of halogens is 3. The summed E-state index contributed by atoms with van der Waals surface area (Å²) in [5.74, 6) is 0. The molecule has 1 heterocycles. The summed E-state index contributed by atoms with van der Waals surface area (Å²) in [5, 5.41) is 0. The molecule has 0 aromatic carbocycles. The predicted octanol–water partition coefficient (Wildman–Crippen LogP) is 2.93. The van der Waals surface area contributed by atoms with Crippen molar-refractivity contribution in [3.63, 3.8) is 0 Å². The highest BCUT2D eigenvalue weighted by atomic mass is 19.4. The predicted molar refractivity (Wildman–Crippen MR) is 50.5 cm³/mol. The molecular weight excluding hydrogens is 207 g/mol. The second-order valence-electron chi connectivity index (χ2n) is 3.56. The lowest BCUT2D eigenvalue weighted by Gasteiger charge is -2.08. The average Bonchev–Trinajstić information content (AvgIpc) is 2.51. The van der Waals surface area contributed by atoms with Crippen molar-refractivity contribution in [1.82, 2.24) is 4.57 Å². The van der Waals surface area contributed by atoms with Crippen molar-refractivity contribution in [3.8, 4) is 0 Å². The molecule has 1 rings (SSSR count). The Labute approximate surface area is 86.7 Å². The largest absolute Gasteiger partial charge is 0.417 e.